The smallest absolute Gasteiger partial charge is 0.232 e. The molecule has 1 saturated heterocycles. The standard InChI is InChI=1S/C17H24N4O4S/c1-26(23,24)21(16-4-2-3-15(13-16)14-18)7-5-17(22)19-6-8-20-9-11-25-12-10-20/h2-4,13H,5-12H2,1H3,(H,19,22). The van der Waals surface area contributed by atoms with Gasteiger partial charge in [-0.25, -0.2) is 8.42 Å². The van der Waals surface area contributed by atoms with E-state index in [1.165, 1.54) is 6.07 Å². The fourth-order valence-corrected chi connectivity index (χ4v) is 3.61. The molecule has 1 amide bonds. The molecule has 0 saturated carbocycles. The molecule has 1 aromatic carbocycles. The molecule has 1 N–H and O–H groups in total. The fraction of sp³-hybridized carbons (Fsp3) is 0.529. The van der Waals surface area contributed by atoms with Crippen LogP contribution in [0.5, 0.6) is 0 Å². The number of anilines is 1. The zero-order valence-corrected chi connectivity index (χ0v) is 15.7. The van der Waals surface area contributed by atoms with Crippen molar-refractivity contribution in [1.82, 2.24) is 10.2 Å². The largest absolute Gasteiger partial charge is 0.379 e. The maximum absolute atomic E-state index is 12.1. The Bertz CT molecular complexity index is 754. The number of carbonyl (C=O) groups is 1. The lowest BCUT2D eigenvalue weighted by Crippen LogP contribution is -2.42. The summed E-state index contributed by atoms with van der Waals surface area (Å²) in [4.78, 5) is 14.3. The van der Waals surface area contributed by atoms with Gasteiger partial charge in [-0.1, -0.05) is 6.07 Å². The first-order valence-electron chi connectivity index (χ1n) is 8.45. The van der Waals surface area contributed by atoms with Crippen LogP contribution in [0.3, 0.4) is 0 Å². The highest BCUT2D eigenvalue weighted by Crippen LogP contribution is 2.19. The summed E-state index contributed by atoms with van der Waals surface area (Å²) < 4.78 is 30.5. The average Bonchev–Trinajstić information content (AvgIpc) is 2.62. The van der Waals surface area contributed by atoms with Crippen LogP contribution in [0, 0.1) is 11.3 Å². The lowest BCUT2D eigenvalue weighted by Gasteiger charge is -2.26. The Morgan fingerprint density at radius 2 is 2.12 bits per heavy atom. The van der Waals surface area contributed by atoms with E-state index < -0.39 is 10.0 Å². The minimum atomic E-state index is -3.55. The normalized spacial score (nSPS) is 15.2. The number of ether oxygens (including phenoxy) is 1. The summed E-state index contributed by atoms with van der Waals surface area (Å²) in [5.74, 6) is -0.205. The van der Waals surface area contributed by atoms with Gasteiger partial charge in [-0.05, 0) is 18.2 Å². The van der Waals surface area contributed by atoms with Crippen LogP contribution in [-0.2, 0) is 19.6 Å². The van der Waals surface area contributed by atoms with Crippen LogP contribution in [0.4, 0.5) is 5.69 Å². The van der Waals surface area contributed by atoms with Crippen molar-refractivity contribution in [2.45, 2.75) is 6.42 Å². The van der Waals surface area contributed by atoms with Crippen LogP contribution in [0.25, 0.3) is 0 Å². The number of morpholine rings is 1. The summed E-state index contributed by atoms with van der Waals surface area (Å²) >= 11 is 0. The number of hydrogen-bond acceptors (Lipinski definition) is 6. The monoisotopic (exact) mass is 380 g/mol. The highest BCUT2D eigenvalue weighted by atomic mass is 32.2. The third kappa shape index (κ3) is 6.29. The Morgan fingerprint density at radius 1 is 1.38 bits per heavy atom. The number of amides is 1. The van der Waals surface area contributed by atoms with Gasteiger partial charge in [0, 0.05) is 39.1 Å². The predicted molar refractivity (Wildman–Crippen MR) is 98.2 cm³/mol. The van der Waals surface area contributed by atoms with Gasteiger partial charge in [-0.15, -0.1) is 0 Å². The summed E-state index contributed by atoms with van der Waals surface area (Å²) in [5, 5.41) is 11.8. The second kappa shape index (κ2) is 9.52. The van der Waals surface area contributed by atoms with Crippen LogP contribution < -0.4 is 9.62 Å². The summed E-state index contributed by atoms with van der Waals surface area (Å²) in [6.45, 7) is 4.41. The minimum Gasteiger partial charge on any atom is -0.379 e. The topological polar surface area (TPSA) is 103 Å². The van der Waals surface area contributed by atoms with E-state index >= 15 is 0 Å². The van der Waals surface area contributed by atoms with Gasteiger partial charge in [0.15, 0.2) is 0 Å². The van der Waals surface area contributed by atoms with E-state index in [9.17, 15) is 13.2 Å². The van der Waals surface area contributed by atoms with Gasteiger partial charge >= 0.3 is 0 Å². The van der Waals surface area contributed by atoms with E-state index in [0.717, 1.165) is 30.2 Å². The quantitative estimate of drug-likeness (QED) is 0.689. The molecule has 9 heteroatoms. The molecular formula is C17H24N4O4S. The van der Waals surface area contributed by atoms with E-state index in [1.807, 2.05) is 6.07 Å². The van der Waals surface area contributed by atoms with E-state index in [4.69, 9.17) is 10.00 Å². The number of benzene rings is 1. The van der Waals surface area contributed by atoms with E-state index in [-0.39, 0.29) is 18.9 Å². The average molecular weight is 380 g/mol. The van der Waals surface area contributed by atoms with Gasteiger partial charge in [0.25, 0.3) is 0 Å². The van der Waals surface area contributed by atoms with E-state index in [0.29, 0.717) is 31.0 Å². The SMILES string of the molecule is CS(=O)(=O)N(CCC(=O)NCCN1CCOCC1)c1cccc(C#N)c1. The van der Waals surface area contributed by atoms with Crippen molar-refractivity contribution < 1.29 is 17.9 Å². The van der Waals surface area contributed by atoms with Gasteiger partial charge in [-0.2, -0.15) is 5.26 Å². The van der Waals surface area contributed by atoms with E-state index in [1.54, 1.807) is 18.2 Å². The first kappa shape index (κ1) is 20.2. The number of nitrogens with zero attached hydrogens (tertiary/aromatic N) is 3. The molecule has 0 atom stereocenters. The fourth-order valence-electron chi connectivity index (χ4n) is 2.69. The second-order valence-corrected chi connectivity index (χ2v) is 7.96. The zero-order chi connectivity index (χ0) is 19.0. The third-order valence-corrected chi connectivity index (χ3v) is 5.25. The van der Waals surface area contributed by atoms with Crippen LogP contribution in [0.1, 0.15) is 12.0 Å². The van der Waals surface area contributed by atoms with Crippen LogP contribution in [0.15, 0.2) is 24.3 Å². The number of carbonyl (C=O) groups excluding carboxylic acids is 1. The van der Waals surface area contributed by atoms with Gasteiger partial charge in [0.2, 0.25) is 15.9 Å². The van der Waals surface area contributed by atoms with Crippen molar-refractivity contribution in [1.29, 1.82) is 5.26 Å². The molecule has 1 fully saturated rings. The molecule has 142 valence electrons. The molecule has 0 bridgehead atoms. The molecule has 8 nitrogen and oxygen atoms in total. The maximum atomic E-state index is 12.1. The molecule has 26 heavy (non-hydrogen) atoms. The number of rotatable bonds is 8. The van der Waals surface area contributed by atoms with Crippen molar-refractivity contribution in [2.75, 3.05) is 56.5 Å². The molecule has 1 heterocycles. The Balaban J connectivity index is 1.86. The number of nitrogens with one attached hydrogen (secondary N) is 1. The highest BCUT2D eigenvalue weighted by molar-refractivity contribution is 7.92. The number of sulfonamides is 1. The summed E-state index contributed by atoms with van der Waals surface area (Å²) in [5.41, 5.74) is 0.749. The Kier molecular flexibility index (Phi) is 7.38. The zero-order valence-electron chi connectivity index (χ0n) is 14.8. The molecular weight excluding hydrogens is 356 g/mol. The molecule has 0 spiro atoms. The molecule has 0 aliphatic carbocycles. The minimum absolute atomic E-state index is 0.0249. The maximum Gasteiger partial charge on any atom is 0.232 e. The van der Waals surface area contributed by atoms with Crippen molar-refractivity contribution in [3.05, 3.63) is 29.8 Å². The van der Waals surface area contributed by atoms with Crippen molar-refractivity contribution in [3.8, 4) is 6.07 Å². The Morgan fingerprint density at radius 3 is 2.77 bits per heavy atom. The van der Waals surface area contributed by atoms with Crippen LogP contribution in [0.2, 0.25) is 0 Å². The van der Waals surface area contributed by atoms with Gasteiger partial charge in [-0.3, -0.25) is 14.0 Å². The first-order valence-corrected chi connectivity index (χ1v) is 10.3. The molecule has 1 aliphatic heterocycles. The van der Waals surface area contributed by atoms with Gasteiger partial charge in [0.1, 0.15) is 0 Å². The molecule has 0 unspecified atom stereocenters. The predicted octanol–water partition coefficient (Wildman–Crippen LogP) is 0.163. The third-order valence-electron chi connectivity index (χ3n) is 4.06. The van der Waals surface area contributed by atoms with Crippen molar-refractivity contribution in [2.24, 2.45) is 0 Å². The molecule has 1 aromatic rings. The molecule has 1 aliphatic rings. The summed E-state index contributed by atoms with van der Waals surface area (Å²) in [6.07, 6.45) is 1.13. The number of hydrogen-bond donors (Lipinski definition) is 1. The highest BCUT2D eigenvalue weighted by Gasteiger charge is 2.19. The van der Waals surface area contributed by atoms with Crippen molar-refractivity contribution in [3.63, 3.8) is 0 Å². The molecule has 0 aromatic heterocycles. The van der Waals surface area contributed by atoms with Crippen molar-refractivity contribution >= 4 is 21.6 Å². The van der Waals surface area contributed by atoms with Gasteiger partial charge < -0.3 is 10.1 Å². The lowest BCUT2D eigenvalue weighted by molar-refractivity contribution is -0.120. The summed E-state index contributed by atoms with van der Waals surface area (Å²) in [7, 11) is -3.55. The first-order chi connectivity index (χ1) is 12.4. The van der Waals surface area contributed by atoms with Crippen LogP contribution in [-0.4, -0.2) is 71.4 Å². The Labute approximate surface area is 154 Å². The second-order valence-electron chi connectivity index (χ2n) is 6.05. The number of nitriles is 1. The van der Waals surface area contributed by atoms with Gasteiger partial charge in [0.05, 0.1) is 36.8 Å². The molecule has 2 rings (SSSR count). The van der Waals surface area contributed by atoms with Crippen LogP contribution >= 0.6 is 0 Å². The van der Waals surface area contributed by atoms with E-state index in [2.05, 4.69) is 10.2 Å². The Hall–Kier alpha value is -2.15. The molecule has 0 radical (unpaired) electrons. The lowest BCUT2D eigenvalue weighted by atomic mass is 10.2. The summed E-state index contributed by atoms with van der Waals surface area (Å²) in [6, 6.07) is 8.31.